The molecule has 43 heavy (non-hydrogen) atoms. The van der Waals surface area contributed by atoms with Crippen molar-refractivity contribution in [3.05, 3.63) is 36.4 Å². The first kappa shape index (κ1) is 30.1. The van der Waals surface area contributed by atoms with E-state index in [1.807, 2.05) is 12.2 Å². The maximum Gasteiger partial charge on any atom is 0.246 e. The largest absolute Gasteiger partial charge is 0.497 e. The molecule has 0 unspecified atom stereocenters. The number of nitrogens with zero attached hydrogens (tertiary/aromatic N) is 2. The summed E-state index contributed by atoms with van der Waals surface area (Å²) < 4.78 is 11.8. The van der Waals surface area contributed by atoms with Gasteiger partial charge in [0.2, 0.25) is 17.7 Å². The molecule has 0 radical (unpaired) electrons. The molecule has 1 spiro atoms. The van der Waals surface area contributed by atoms with Gasteiger partial charge in [0.25, 0.3) is 0 Å². The van der Waals surface area contributed by atoms with Crippen LogP contribution >= 0.6 is 0 Å². The minimum Gasteiger partial charge on any atom is -0.497 e. The molecule has 3 saturated heterocycles. The van der Waals surface area contributed by atoms with Crippen molar-refractivity contribution in [2.75, 3.05) is 32.1 Å². The number of hydrogen-bond acceptors (Lipinski definition) is 6. The average Bonchev–Trinajstić information content (AvgIpc) is 3.66. The molecule has 9 heteroatoms. The van der Waals surface area contributed by atoms with E-state index >= 15 is 0 Å². The number of fused-ring (bicyclic) bond motifs is 1. The molecule has 2 bridgehead atoms. The molecule has 4 heterocycles. The molecule has 4 aliphatic heterocycles. The number of anilines is 1. The van der Waals surface area contributed by atoms with Crippen molar-refractivity contribution < 1.29 is 23.9 Å². The smallest absolute Gasteiger partial charge is 0.246 e. The Morgan fingerprint density at radius 3 is 2.58 bits per heavy atom. The second kappa shape index (κ2) is 12.2. The molecule has 1 saturated carbocycles. The molecule has 9 nitrogen and oxygen atoms in total. The number of likely N-dealkylation sites (tertiary alicyclic amines) is 2. The normalized spacial score (nSPS) is 36.9. The summed E-state index contributed by atoms with van der Waals surface area (Å²) in [6, 6.07) is 6.89. The van der Waals surface area contributed by atoms with Gasteiger partial charge in [0.1, 0.15) is 17.4 Å². The number of piperidine rings is 1. The molecule has 1 aliphatic carbocycles. The lowest BCUT2D eigenvalue weighted by molar-refractivity contribution is -0.142. The molecule has 4 fully saturated rings. The Morgan fingerprint density at radius 1 is 1.05 bits per heavy atom. The Hall–Kier alpha value is -2.91. The van der Waals surface area contributed by atoms with Crippen LogP contribution in [0.5, 0.6) is 5.75 Å². The Bertz CT molecular complexity index is 1240. The summed E-state index contributed by atoms with van der Waals surface area (Å²) >= 11 is 0. The molecule has 1 aromatic carbocycles. The van der Waals surface area contributed by atoms with Gasteiger partial charge < -0.3 is 25.0 Å². The Balaban J connectivity index is 1.27. The van der Waals surface area contributed by atoms with Crippen LogP contribution < -0.4 is 15.4 Å². The number of nitrogens with one attached hydrogen (secondary N) is 2. The first-order chi connectivity index (χ1) is 20.8. The lowest BCUT2D eigenvalue weighted by atomic mass is 9.73. The predicted molar refractivity (Wildman–Crippen MR) is 164 cm³/mol. The lowest BCUT2D eigenvalue weighted by Crippen LogP contribution is -2.58. The van der Waals surface area contributed by atoms with E-state index < -0.39 is 29.6 Å². The van der Waals surface area contributed by atoms with Gasteiger partial charge in [-0.25, -0.2) is 0 Å². The topological polar surface area (TPSA) is 100 Å². The predicted octanol–water partition coefficient (Wildman–Crippen LogP) is 3.99. The number of hydrogen-bond donors (Lipinski definition) is 2. The fraction of sp³-hybridized carbons (Fsp3) is 0.676. The van der Waals surface area contributed by atoms with Gasteiger partial charge in [-0.3, -0.25) is 19.3 Å². The van der Waals surface area contributed by atoms with E-state index in [-0.39, 0.29) is 23.8 Å². The molecular weight excluding hydrogens is 544 g/mol. The fourth-order valence-electron chi connectivity index (χ4n) is 8.51. The van der Waals surface area contributed by atoms with Crippen molar-refractivity contribution >= 4 is 23.4 Å². The van der Waals surface area contributed by atoms with Crippen LogP contribution in [0, 0.1) is 23.7 Å². The van der Waals surface area contributed by atoms with E-state index in [0.29, 0.717) is 42.4 Å². The van der Waals surface area contributed by atoms with E-state index in [9.17, 15) is 14.4 Å². The van der Waals surface area contributed by atoms with Crippen LogP contribution in [-0.2, 0) is 19.1 Å². The van der Waals surface area contributed by atoms with E-state index in [4.69, 9.17) is 9.47 Å². The highest BCUT2D eigenvalue weighted by Crippen LogP contribution is 2.55. The molecule has 1 aromatic rings. The molecule has 0 aromatic heterocycles. The van der Waals surface area contributed by atoms with Gasteiger partial charge in [0, 0.05) is 30.9 Å². The van der Waals surface area contributed by atoms with Crippen LogP contribution in [0.2, 0.25) is 0 Å². The molecule has 9 atom stereocenters. The van der Waals surface area contributed by atoms with Gasteiger partial charge in [0.05, 0.1) is 25.0 Å². The Morgan fingerprint density at radius 2 is 1.84 bits per heavy atom. The maximum atomic E-state index is 14.4. The van der Waals surface area contributed by atoms with Gasteiger partial charge in [-0.2, -0.15) is 0 Å². The summed E-state index contributed by atoms with van der Waals surface area (Å²) in [5.74, 6) is -0.465. The van der Waals surface area contributed by atoms with Crippen LogP contribution in [0.1, 0.15) is 65.7 Å². The summed E-state index contributed by atoms with van der Waals surface area (Å²) in [6.07, 6.45) is 11.0. The number of ether oxygens (including phenoxy) is 2. The summed E-state index contributed by atoms with van der Waals surface area (Å²) in [5.41, 5.74) is -0.525. The van der Waals surface area contributed by atoms with E-state index in [2.05, 4.69) is 36.3 Å². The third-order valence-electron chi connectivity index (χ3n) is 11.2. The van der Waals surface area contributed by atoms with Crippen molar-refractivity contribution in [3.8, 4) is 5.75 Å². The van der Waals surface area contributed by atoms with E-state index in [1.54, 1.807) is 36.3 Å². The highest BCUT2D eigenvalue weighted by atomic mass is 16.5. The van der Waals surface area contributed by atoms with Crippen molar-refractivity contribution in [3.63, 3.8) is 0 Å². The first-order valence-corrected chi connectivity index (χ1v) is 16.4. The molecule has 3 amide bonds. The second-order valence-electron chi connectivity index (χ2n) is 13.4. The number of rotatable bonds is 9. The van der Waals surface area contributed by atoms with Crippen LogP contribution in [0.15, 0.2) is 36.4 Å². The highest BCUT2D eigenvalue weighted by molar-refractivity contribution is 6.02. The maximum absolute atomic E-state index is 14.4. The van der Waals surface area contributed by atoms with Gasteiger partial charge in [0.15, 0.2) is 0 Å². The fourth-order valence-corrected chi connectivity index (χ4v) is 8.51. The number of methoxy groups -OCH3 is 1. The SMILES string of the molecule is CC[C@@H]1CCCCN1CCN1C(=O)[C@@H]2[C@H](C(=O)Nc3ccc(OC)cc3)[C@@H]3C=C[C@@]2(O3)[C@@H]1C(=O)N[C@@H]1CCC[C@@H](C)[C@H]1C. The lowest BCUT2D eigenvalue weighted by Gasteiger charge is -2.39. The van der Waals surface area contributed by atoms with Crippen molar-refractivity contribution in [1.29, 1.82) is 0 Å². The minimum absolute atomic E-state index is 0.0620. The van der Waals surface area contributed by atoms with Gasteiger partial charge in [-0.1, -0.05) is 52.2 Å². The molecule has 2 N–H and O–H groups in total. The van der Waals surface area contributed by atoms with Crippen molar-refractivity contribution in [1.82, 2.24) is 15.1 Å². The van der Waals surface area contributed by atoms with Gasteiger partial charge in [-0.05, 0) is 68.3 Å². The molecule has 6 rings (SSSR count). The Labute approximate surface area is 255 Å². The van der Waals surface area contributed by atoms with Crippen LogP contribution in [0.4, 0.5) is 5.69 Å². The van der Waals surface area contributed by atoms with E-state index in [0.717, 1.165) is 32.2 Å². The Kier molecular flexibility index (Phi) is 8.57. The number of carbonyl (C=O) groups excluding carboxylic acids is 3. The van der Waals surface area contributed by atoms with Gasteiger partial charge >= 0.3 is 0 Å². The third-order valence-corrected chi connectivity index (χ3v) is 11.2. The van der Waals surface area contributed by atoms with E-state index in [1.165, 1.54) is 19.3 Å². The monoisotopic (exact) mass is 592 g/mol. The summed E-state index contributed by atoms with van der Waals surface area (Å²) in [6.45, 7) is 8.85. The molecule has 5 aliphatic rings. The summed E-state index contributed by atoms with van der Waals surface area (Å²) in [7, 11) is 1.60. The summed E-state index contributed by atoms with van der Waals surface area (Å²) in [5, 5.41) is 6.36. The highest BCUT2D eigenvalue weighted by Gasteiger charge is 2.72. The average molecular weight is 593 g/mol. The standard InChI is InChI=1S/C34H48N4O5/c1-5-24-10-6-7-18-37(24)19-20-38-30(32(40)36-26-11-8-9-21(2)22(26)3)34-17-16-27(43-34)28(29(34)33(38)41)31(39)35-23-12-14-25(42-4)15-13-23/h12-17,21-22,24,26-30H,5-11,18-20H2,1-4H3,(H,35,39)(H,36,40)/t21-,22-,24-,26-,27+,28-,29+,30+,34+/m1/s1. The summed E-state index contributed by atoms with van der Waals surface area (Å²) in [4.78, 5) is 46.7. The second-order valence-corrected chi connectivity index (χ2v) is 13.4. The van der Waals surface area contributed by atoms with Crippen molar-refractivity contribution in [2.45, 2.75) is 95.5 Å². The number of carbonyl (C=O) groups is 3. The van der Waals surface area contributed by atoms with Crippen molar-refractivity contribution in [2.24, 2.45) is 23.7 Å². The zero-order valence-electron chi connectivity index (χ0n) is 26.1. The first-order valence-electron chi connectivity index (χ1n) is 16.4. The number of amides is 3. The van der Waals surface area contributed by atoms with Crippen LogP contribution in [-0.4, -0.2) is 84.1 Å². The third kappa shape index (κ3) is 5.37. The minimum atomic E-state index is -1.15. The quantitative estimate of drug-likeness (QED) is 0.421. The zero-order valence-corrected chi connectivity index (χ0v) is 26.1. The van der Waals surface area contributed by atoms with Gasteiger partial charge in [-0.15, -0.1) is 0 Å². The number of benzene rings is 1. The van der Waals surface area contributed by atoms with Crippen LogP contribution in [0.25, 0.3) is 0 Å². The molecule has 234 valence electrons. The zero-order chi connectivity index (χ0) is 30.3. The van der Waals surface area contributed by atoms with Crippen LogP contribution in [0.3, 0.4) is 0 Å². The molecular formula is C34H48N4O5.